The highest BCUT2D eigenvalue weighted by Gasteiger charge is 2.43. The van der Waals surface area contributed by atoms with Gasteiger partial charge in [-0.1, -0.05) is 0 Å². The number of nitrogens with zero attached hydrogens (tertiary/aromatic N) is 1. The molecule has 238 valence electrons. The molecular formula is C19H34FN3O16P2. The van der Waals surface area contributed by atoms with Crippen molar-refractivity contribution in [2.45, 2.75) is 63.3 Å². The Morgan fingerprint density at radius 3 is 2.34 bits per heavy atom. The van der Waals surface area contributed by atoms with Crippen molar-refractivity contribution in [3.8, 4) is 0 Å². The largest absolute Gasteiger partial charge is 0.483 e. The molecule has 1 aromatic rings. The minimum Gasteiger partial charge on any atom is -0.396 e. The molecule has 0 spiro atoms. The predicted octanol–water partition coefficient (Wildman–Crippen LogP) is -2.40. The second-order valence-electron chi connectivity index (χ2n) is 8.31. The van der Waals surface area contributed by atoms with Gasteiger partial charge in [-0.05, 0) is 6.92 Å². The van der Waals surface area contributed by atoms with Gasteiger partial charge in [-0.3, -0.25) is 28.2 Å². The number of nitrogens with one attached hydrogen (secondary N) is 2. The molecule has 22 heteroatoms. The number of methoxy groups -OCH3 is 1. The molecule has 1 amide bonds. The van der Waals surface area contributed by atoms with Gasteiger partial charge in [0.15, 0.2) is 6.29 Å². The first-order chi connectivity index (χ1) is 19.0. The number of ether oxygens (including phenoxy) is 2. The Bertz CT molecular complexity index is 1180. The van der Waals surface area contributed by atoms with E-state index in [1.165, 1.54) is 6.92 Å². The summed E-state index contributed by atoms with van der Waals surface area (Å²) in [6.45, 7) is -0.525. The molecule has 0 aromatic carbocycles. The zero-order valence-corrected chi connectivity index (χ0v) is 23.8. The zero-order chi connectivity index (χ0) is 31.5. The van der Waals surface area contributed by atoms with Gasteiger partial charge in [0, 0.05) is 39.3 Å². The molecule has 7 unspecified atom stereocenters. The van der Waals surface area contributed by atoms with Crippen LogP contribution < -0.4 is 16.6 Å². The third kappa shape index (κ3) is 12.5. The molecule has 0 fully saturated rings. The van der Waals surface area contributed by atoms with Crippen molar-refractivity contribution in [2.75, 3.05) is 26.9 Å². The first-order valence-corrected chi connectivity index (χ1v) is 14.6. The lowest BCUT2D eigenvalue weighted by Gasteiger charge is -2.32. The van der Waals surface area contributed by atoms with Gasteiger partial charge in [0.25, 0.3) is 5.56 Å². The number of rotatable bonds is 19. The van der Waals surface area contributed by atoms with E-state index in [0.717, 1.165) is 30.9 Å². The van der Waals surface area contributed by atoms with Crippen molar-refractivity contribution in [3.63, 3.8) is 0 Å². The van der Waals surface area contributed by atoms with Gasteiger partial charge in [-0.25, -0.2) is 18.3 Å². The van der Waals surface area contributed by atoms with Crippen LogP contribution >= 0.6 is 15.6 Å². The number of hydrogen-bond acceptors (Lipinski definition) is 14. The summed E-state index contributed by atoms with van der Waals surface area (Å²) < 4.78 is 63.4. The Morgan fingerprint density at radius 2 is 1.83 bits per heavy atom. The summed E-state index contributed by atoms with van der Waals surface area (Å²) in [6.07, 6.45) is -10.7. The molecule has 0 bridgehead atoms. The fourth-order valence-corrected chi connectivity index (χ4v) is 5.39. The molecule has 1 rings (SSSR count). The van der Waals surface area contributed by atoms with Crippen LogP contribution in [-0.4, -0.2) is 109 Å². The van der Waals surface area contributed by atoms with E-state index in [-0.39, 0.29) is 0 Å². The van der Waals surface area contributed by atoms with Gasteiger partial charge in [0.2, 0.25) is 5.91 Å². The van der Waals surface area contributed by atoms with Crippen molar-refractivity contribution < 1.29 is 71.4 Å². The highest BCUT2D eigenvalue weighted by molar-refractivity contribution is 7.61. The summed E-state index contributed by atoms with van der Waals surface area (Å²) in [6, 6.07) is -0.898. The number of phosphoric ester groups is 2. The summed E-state index contributed by atoms with van der Waals surface area (Å²) in [4.78, 5) is 56.6. The standard InChI is InChI=1S/C19H34FN3O16P2/c1-10(26)21-16(17(29)12(20)5-7-24)18(35-3)38-41(33,34)39-40(31,32)36-9-14(13(27)8-25)37-11(2)23-6-4-15(28)22-19(23)30/h4,6,11-14,16-18,24-25,27,29H,5,7-9H2,1-3H3,(H,21,26)(H,31,32)(H,33,34)(H,22,28,30)/t11?,12?,13-,14-,16?,17?,18?/m1/s1. The van der Waals surface area contributed by atoms with Crippen LogP contribution in [0, 0.1) is 0 Å². The molecule has 0 aliphatic rings. The maximum absolute atomic E-state index is 14.2. The molecule has 19 nitrogen and oxygen atoms in total. The quantitative estimate of drug-likeness (QED) is 0.0577. The minimum atomic E-state index is -5.68. The predicted molar refractivity (Wildman–Crippen MR) is 133 cm³/mol. The van der Waals surface area contributed by atoms with E-state index >= 15 is 0 Å². The average Bonchev–Trinajstić information content (AvgIpc) is 2.86. The summed E-state index contributed by atoms with van der Waals surface area (Å²) in [7, 11) is -10.4. The highest BCUT2D eigenvalue weighted by Crippen LogP contribution is 2.61. The molecule has 1 aromatic heterocycles. The van der Waals surface area contributed by atoms with Crippen LogP contribution in [-0.2, 0) is 36.8 Å². The molecule has 0 saturated heterocycles. The van der Waals surface area contributed by atoms with Crippen molar-refractivity contribution in [3.05, 3.63) is 33.1 Å². The van der Waals surface area contributed by atoms with Crippen LogP contribution in [0.25, 0.3) is 0 Å². The fourth-order valence-electron chi connectivity index (χ4n) is 3.19. The molecule has 0 saturated carbocycles. The molecule has 41 heavy (non-hydrogen) atoms. The topological polar surface area (TPSA) is 286 Å². The number of aliphatic hydroxyl groups is 4. The third-order valence-electron chi connectivity index (χ3n) is 5.12. The minimum absolute atomic E-state index is 0.598. The number of alkyl halides is 1. The third-order valence-corrected chi connectivity index (χ3v) is 7.72. The van der Waals surface area contributed by atoms with Gasteiger partial charge in [0.05, 0.1) is 13.2 Å². The number of hydrogen-bond donors (Lipinski definition) is 8. The van der Waals surface area contributed by atoms with Gasteiger partial charge in [-0.2, -0.15) is 4.31 Å². The van der Waals surface area contributed by atoms with E-state index in [9.17, 15) is 53.0 Å². The monoisotopic (exact) mass is 641 g/mol. The number of amides is 1. The van der Waals surface area contributed by atoms with Crippen molar-refractivity contribution in [2.24, 2.45) is 0 Å². The Balaban J connectivity index is 3.01. The lowest BCUT2D eigenvalue weighted by molar-refractivity contribution is -0.140. The molecule has 0 aliphatic carbocycles. The van der Waals surface area contributed by atoms with Gasteiger partial charge in [0.1, 0.15) is 36.8 Å². The lowest BCUT2D eigenvalue weighted by atomic mass is 10.0. The number of carbonyl (C=O) groups excluding carboxylic acids is 1. The van der Waals surface area contributed by atoms with Crippen LogP contribution in [0.5, 0.6) is 0 Å². The Morgan fingerprint density at radius 1 is 1.20 bits per heavy atom. The van der Waals surface area contributed by atoms with Crippen LogP contribution in [0.2, 0.25) is 0 Å². The summed E-state index contributed by atoms with van der Waals surface area (Å²) in [5.41, 5.74) is -1.63. The number of carbonyl (C=O) groups is 1. The van der Waals surface area contributed by atoms with Crippen LogP contribution in [0.3, 0.4) is 0 Å². The van der Waals surface area contributed by atoms with Crippen LogP contribution in [0.1, 0.15) is 26.5 Å². The van der Waals surface area contributed by atoms with Gasteiger partial charge in [-0.15, -0.1) is 0 Å². The summed E-state index contributed by atoms with van der Waals surface area (Å²) >= 11 is 0. The lowest BCUT2D eigenvalue weighted by Crippen LogP contribution is -2.54. The smallest absolute Gasteiger partial charge is 0.396 e. The first-order valence-electron chi connectivity index (χ1n) is 11.7. The van der Waals surface area contributed by atoms with Gasteiger partial charge >= 0.3 is 21.3 Å². The van der Waals surface area contributed by atoms with Crippen molar-refractivity contribution in [1.29, 1.82) is 0 Å². The number of H-pyrrole nitrogens is 1. The van der Waals surface area contributed by atoms with Gasteiger partial charge < -0.3 is 45.0 Å². The van der Waals surface area contributed by atoms with Crippen molar-refractivity contribution >= 4 is 21.6 Å². The van der Waals surface area contributed by atoms with E-state index in [1.54, 1.807) is 0 Å². The Kier molecular flexibility index (Phi) is 15.1. The maximum Gasteiger partial charge on any atom is 0.483 e. The first kappa shape index (κ1) is 37.1. The molecule has 9 atom stereocenters. The fraction of sp³-hybridized carbons (Fsp3) is 0.737. The maximum atomic E-state index is 14.2. The second kappa shape index (κ2) is 16.7. The highest BCUT2D eigenvalue weighted by atomic mass is 31.3. The molecule has 0 aliphatic heterocycles. The summed E-state index contributed by atoms with van der Waals surface area (Å²) in [5, 5.41) is 40.4. The van der Waals surface area contributed by atoms with E-state index in [4.69, 9.17) is 14.6 Å². The number of halogens is 1. The summed E-state index contributed by atoms with van der Waals surface area (Å²) in [5.74, 6) is -0.868. The molecule has 1 heterocycles. The Labute approximate surface area is 231 Å². The number of phosphoric acid groups is 2. The number of aromatic nitrogens is 2. The zero-order valence-electron chi connectivity index (χ0n) is 22.0. The Hall–Kier alpha value is -1.90. The van der Waals surface area contributed by atoms with Crippen LogP contribution in [0.15, 0.2) is 21.9 Å². The number of aromatic amines is 1. The average molecular weight is 641 g/mol. The van der Waals surface area contributed by atoms with E-state index in [1.807, 2.05) is 10.3 Å². The molecule has 0 radical (unpaired) electrons. The van der Waals surface area contributed by atoms with Crippen molar-refractivity contribution in [1.82, 2.24) is 14.9 Å². The van der Waals surface area contributed by atoms with E-state index in [2.05, 4.69) is 13.4 Å². The normalized spacial score (nSPS) is 20.0. The SMILES string of the molecule is COC(OP(=O)(O)OP(=O)(O)OC[C@@H](OC(C)n1ccc(=O)[nH]c1=O)[C@H](O)CO)C(NC(C)=O)C(O)C(F)CCO. The number of aliphatic hydroxyl groups excluding tert-OH is 4. The van der Waals surface area contributed by atoms with E-state index < -0.39 is 102 Å². The van der Waals surface area contributed by atoms with E-state index in [0.29, 0.717) is 0 Å². The van der Waals surface area contributed by atoms with Crippen LogP contribution in [0.4, 0.5) is 4.39 Å². The molecular weight excluding hydrogens is 607 g/mol. The molecule has 8 N–H and O–H groups in total. The second-order valence-corrected chi connectivity index (χ2v) is 11.3.